The molecule has 2 atom stereocenters. The Bertz CT molecular complexity index is 904. The summed E-state index contributed by atoms with van der Waals surface area (Å²) in [6.45, 7) is 4.05. The van der Waals surface area contributed by atoms with Crippen molar-refractivity contribution in [1.29, 1.82) is 0 Å². The smallest absolute Gasteiger partial charge is 0.220 e. The molecule has 2 unspecified atom stereocenters. The molecule has 4 heteroatoms. The third kappa shape index (κ3) is 41.3. The zero-order chi connectivity index (χ0) is 39.3. The van der Waals surface area contributed by atoms with Crippen molar-refractivity contribution in [2.24, 2.45) is 0 Å². The molecule has 0 radical (unpaired) electrons. The quantitative estimate of drug-likeness (QED) is 0.0429. The van der Waals surface area contributed by atoms with Gasteiger partial charge in [0.25, 0.3) is 0 Å². The maximum Gasteiger partial charge on any atom is 0.220 e. The van der Waals surface area contributed by atoms with Crippen LogP contribution in [0.15, 0.2) is 60.8 Å². The summed E-state index contributed by atoms with van der Waals surface area (Å²) in [6, 6.07) is -0.643. The highest BCUT2D eigenvalue weighted by molar-refractivity contribution is 5.76. The molecule has 0 aliphatic heterocycles. The molecule has 4 nitrogen and oxygen atoms in total. The van der Waals surface area contributed by atoms with E-state index in [1.807, 2.05) is 13.0 Å². The molecule has 1 amide bonds. The molecule has 0 spiro atoms. The van der Waals surface area contributed by atoms with Crippen LogP contribution in [0, 0.1) is 0 Å². The van der Waals surface area contributed by atoms with Crippen LogP contribution in [0.1, 0.15) is 232 Å². The molecular weight excluding hydrogens is 663 g/mol. The van der Waals surface area contributed by atoms with Crippen molar-refractivity contribution >= 4 is 5.91 Å². The first-order valence-electron chi connectivity index (χ1n) is 23.5. The van der Waals surface area contributed by atoms with Crippen molar-refractivity contribution in [2.45, 2.75) is 244 Å². The summed E-state index contributed by atoms with van der Waals surface area (Å²) in [4.78, 5) is 12.3. The first kappa shape index (κ1) is 52.1. The number of hydrogen-bond donors (Lipinski definition) is 3. The van der Waals surface area contributed by atoms with E-state index in [-0.39, 0.29) is 12.5 Å². The van der Waals surface area contributed by atoms with Gasteiger partial charge in [-0.05, 0) is 71.1 Å². The van der Waals surface area contributed by atoms with E-state index in [9.17, 15) is 15.0 Å². The van der Waals surface area contributed by atoms with Gasteiger partial charge >= 0.3 is 0 Å². The van der Waals surface area contributed by atoms with E-state index >= 15 is 0 Å². The Kier molecular flexibility index (Phi) is 43.9. The number of carbonyl (C=O) groups is 1. The summed E-state index contributed by atoms with van der Waals surface area (Å²) in [5, 5.41) is 22.8. The van der Waals surface area contributed by atoms with E-state index in [0.29, 0.717) is 6.42 Å². The highest BCUT2D eigenvalue weighted by Crippen LogP contribution is 2.16. The largest absolute Gasteiger partial charge is 0.394 e. The second kappa shape index (κ2) is 45.5. The molecule has 0 aromatic carbocycles. The Labute approximate surface area is 336 Å². The summed E-state index contributed by atoms with van der Waals surface area (Å²) >= 11 is 0. The maximum atomic E-state index is 12.3. The molecule has 3 N–H and O–H groups in total. The number of aliphatic hydroxyl groups excluding tert-OH is 2. The molecule has 54 heavy (non-hydrogen) atoms. The lowest BCUT2D eigenvalue weighted by molar-refractivity contribution is -0.123. The molecule has 314 valence electrons. The van der Waals surface area contributed by atoms with Gasteiger partial charge in [0.2, 0.25) is 5.91 Å². The lowest BCUT2D eigenvalue weighted by atomic mass is 10.0. The topological polar surface area (TPSA) is 69.6 Å². The molecule has 0 aromatic rings. The van der Waals surface area contributed by atoms with Gasteiger partial charge in [-0.15, -0.1) is 0 Å². The molecule has 0 fully saturated rings. The van der Waals surface area contributed by atoms with Gasteiger partial charge < -0.3 is 15.5 Å². The van der Waals surface area contributed by atoms with Gasteiger partial charge in [-0.25, -0.2) is 0 Å². The summed E-state index contributed by atoms with van der Waals surface area (Å²) < 4.78 is 0. The predicted octanol–water partition coefficient (Wildman–Crippen LogP) is 14.9. The van der Waals surface area contributed by atoms with Gasteiger partial charge in [0.15, 0.2) is 0 Å². The number of amides is 1. The van der Waals surface area contributed by atoms with E-state index in [4.69, 9.17) is 0 Å². The Morgan fingerprint density at radius 1 is 0.481 bits per heavy atom. The first-order chi connectivity index (χ1) is 26.7. The highest BCUT2D eigenvalue weighted by atomic mass is 16.3. The minimum atomic E-state index is -0.867. The third-order valence-corrected chi connectivity index (χ3v) is 10.5. The fourth-order valence-corrected chi connectivity index (χ4v) is 6.95. The van der Waals surface area contributed by atoms with Gasteiger partial charge in [0, 0.05) is 6.42 Å². The van der Waals surface area contributed by atoms with Crippen LogP contribution in [-0.2, 0) is 4.79 Å². The van der Waals surface area contributed by atoms with Crippen LogP contribution in [0.4, 0.5) is 0 Å². The molecule has 0 aromatic heterocycles. The van der Waals surface area contributed by atoms with E-state index in [1.165, 1.54) is 167 Å². The normalized spacial score (nSPS) is 13.5. The van der Waals surface area contributed by atoms with Crippen molar-refractivity contribution in [3.8, 4) is 0 Å². The van der Waals surface area contributed by atoms with E-state index < -0.39 is 12.1 Å². The summed E-state index contributed by atoms with van der Waals surface area (Å²) in [5.41, 5.74) is 0. The number of allylic oxidation sites excluding steroid dienone is 9. The van der Waals surface area contributed by atoms with Crippen LogP contribution in [0.2, 0.25) is 0 Å². The molecule has 0 aliphatic rings. The minimum absolute atomic E-state index is 0.0803. The Morgan fingerprint density at radius 3 is 1.28 bits per heavy atom. The van der Waals surface area contributed by atoms with Crippen molar-refractivity contribution in [2.75, 3.05) is 6.61 Å². The van der Waals surface area contributed by atoms with Crippen molar-refractivity contribution < 1.29 is 15.0 Å². The predicted molar refractivity (Wildman–Crippen MR) is 239 cm³/mol. The molecule has 0 saturated heterocycles. The number of aliphatic hydroxyl groups is 2. The third-order valence-electron chi connectivity index (χ3n) is 10.5. The minimum Gasteiger partial charge on any atom is -0.394 e. The summed E-state index contributed by atoms with van der Waals surface area (Å²) in [6.07, 6.45) is 63.8. The standard InChI is InChI=1S/C50H91NO3/c1-3-5-7-9-11-13-14-15-16-17-18-19-20-21-22-23-24-25-26-27-28-29-30-31-32-33-34-35-36-38-40-42-44-46-50(54)51-48(47-52)49(53)45-43-41-39-37-12-10-8-6-4-2/h4,6,12,14-15,17-18,37,43,45,48-49,52-53H,3,5,7-11,13,16,19-36,38-42,44,46-47H2,1-2H3,(H,51,54)/b6-4+,15-14-,18-17-,37-12+,45-43+. The Hall–Kier alpha value is -1.91. The highest BCUT2D eigenvalue weighted by Gasteiger charge is 2.17. The molecule has 0 saturated carbocycles. The fourth-order valence-electron chi connectivity index (χ4n) is 6.95. The van der Waals surface area contributed by atoms with Gasteiger partial charge in [-0.3, -0.25) is 4.79 Å². The Balaban J connectivity index is 3.41. The maximum absolute atomic E-state index is 12.3. The summed E-state index contributed by atoms with van der Waals surface area (Å²) in [5.74, 6) is -0.0803. The lowest BCUT2D eigenvalue weighted by Crippen LogP contribution is -2.45. The van der Waals surface area contributed by atoms with Crippen LogP contribution in [0.25, 0.3) is 0 Å². The molecular formula is C50H91NO3. The Morgan fingerprint density at radius 2 is 0.852 bits per heavy atom. The first-order valence-corrected chi connectivity index (χ1v) is 23.5. The van der Waals surface area contributed by atoms with Gasteiger partial charge in [0.05, 0.1) is 18.8 Å². The van der Waals surface area contributed by atoms with Crippen LogP contribution < -0.4 is 5.32 Å². The molecule has 0 heterocycles. The zero-order valence-corrected chi connectivity index (χ0v) is 36.0. The molecule has 0 rings (SSSR count). The van der Waals surface area contributed by atoms with Gasteiger partial charge in [-0.1, -0.05) is 215 Å². The van der Waals surface area contributed by atoms with Crippen LogP contribution in [-0.4, -0.2) is 34.9 Å². The van der Waals surface area contributed by atoms with Crippen LogP contribution >= 0.6 is 0 Å². The van der Waals surface area contributed by atoms with E-state index in [0.717, 1.165) is 44.9 Å². The number of rotatable bonds is 42. The second-order valence-corrected chi connectivity index (χ2v) is 15.8. The summed E-state index contributed by atoms with van der Waals surface area (Å²) in [7, 11) is 0. The van der Waals surface area contributed by atoms with Crippen LogP contribution in [0.5, 0.6) is 0 Å². The average molecular weight is 754 g/mol. The van der Waals surface area contributed by atoms with E-state index in [2.05, 4.69) is 60.8 Å². The van der Waals surface area contributed by atoms with Gasteiger partial charge in [-0.2, -0.15) is 0 Å². The van der Waals surface area contributed by atoms with Crippen LogP contribution in [0.3, 0.4) is 0 Å². The molecule has 0 aliphatic carbocycles. The molecule has 0 bridgehead atoms. The number of nitrogens with one attached hydrogen (secondary N) is 1. The van der Waals surface area contributed by atoms with Crippen molar-refractivity contribution in [3.05, 3.63) is 60.8 Å². The second-order valence-electron chi connectivity index (χ2n) is 15.8. The SMILES string of the molecule is C/C=C/CC/C=C/CC/C=C/C(O)C(CO)NC(=O)CCCCCCCCCCCCCCCCCCCCCCC/C=C\C/C=C\CCCCCCC. The zero-order valence-electron chi connectivity index (χ0n) is 36.0. The lowest BCUT2D eigenvalue weighted by Gasteiger charge is -2.19. The van der Waals surface area contributed by atoms with Gasteiger partial charge in [0.1, 0.15) is 0 Å². The number of hydrogen-bond acceptors (Lipinski definition) is 3. The van der Waals surface area contributed by atoms with Crippen molar-refractivity contribution in [3.63, 3.8) is 0 Å². The monoisotopic (exact) mass is 754 g/mol. The van der Waals surface area contributed by atoms with Crippen molar-refractivity contribution in [1.82, 2.24) is 5.32 Å². The number of unbranched alkanes of at least 4 members (excludes halogenated alkanes) is 28. The number of carbonyl (C=O) groups excluding carboxylic acids is 1. The average Bonchev–Trinajstić information content (AvgIpc) is 3.18. The fraction of sp³-hybridized carbons (Fsp3) is 0.780. The van der Waals surface area contributed by atoms with E-state index in [1.54, 1.807) is 6.08 Å².